The Hall–Kier alpha value is -5.92. The van der Waals surface area contributed by atoms with Gasteiger partial charge in [0, 0.05) is 56.2 Å². The number of carbonyl (C=O) groups is 4. The van der Waals surface area contributed by atoms with Crippen molar-refractivity contribution in [2.45, 2.75) is 59.0 Å². The molecule has 14 nitrogen and oxygen atoms in total. The van der Waals surface area contributed by atoms with Crippen molar-refractivity contribution in [3.63, 3.8) is 0 Å². The molecule has 0 unspecified atom stereocenters. The van der Waals surface area contributed by atoms with Gasteiger partial charge in [0.05, 0.1) is 50.6 Å². The molecule has 0 saturated heterocycles. The molecule has 0 aromatic heterocycles. The van der Waals surface area contributed by atoms with Crippen molar-refractivity contribution in [2.24, 2.45) is 0 Å². The van der Waals surface area contributed by atoms with Crippen LogP contribution < -0.4 is 30.4 Å². The van der Waals surface area contributed by atoms with Crippen LogP contribution in [-0.4, -0.2) is 86.3 Å². The summed E-state index contributed by atoms with van der Waals surface area (Å²) in [4.78, 5) is 53.3. The first-order valence-corrected chi connectivity index (χ1v) is 17.2. The van der Waals surface area contributed by atoms with Gasteiger partial charge in [-0.05, 0) is 50.0 Å². The molecule has 0 spiro atoms. The van der Waals surface area contributed by atoms with E-state index in [4.69, 9.17) is 39.9 Å². The molecule has 0 aliphatic carbocycles. The molecule has 2 aliphatic rings. The van der Waals surface area contributed by atoms with E-state index >= 15 is 0 Å². The number of allylic oxidation sites excluding steroid dienone is 4. The third-order valence-corrected chi connectivity index (χ3v) is 8.46. The van der Waals surface area contributed by atoms with Crippen LogP contribution >= 0.6 is 0 Å². The van der Waals surface area contributed by atoms with E-state index in [-0.39, 0.29) is 72.8 Å². The highest BCUT2D eigenvalue weighted by Crippen LogP contribution is 2.36. The maximum absolute atomic E-state index is 13.7. The average molecular weight is 733 g/mol. The van der Waals surface area contributed by atoms with E-state index in [9.17, 15) is 19.2 Å². The van der Waals surface area contributed by atoms with E-state index < -0.39 is 11.9 Å². The van der Waals surface area contributed by atoms with Crippen molar-refractivity contribution in [1.82, 2.24) is 9.80 Å². The van der Waals surface area contributed by atoms with Gasteiger partial charge in [0.2, 0.25) is 0 Å². The van der Waals surface area contributed by atoms with Gasteiger partial charge in [0.25, 0.3) is 11.8 Å². The lowest BCUT2D eigenvalue weighted by Crippen LogP contribution is -2.37. The number of benzene rings is 2. The normalized spacial score (nSPS) is 16.8. The second kappa shape index (κ2) is 18.5. The van der Waals surface area contributed by atoms with E-state index in [1.807, 2.05) is 38.2 Å². The van der Waals surface area contributed by atoms with Gasteiger partial charge < -0.3 is 49.7 Å². The Bertz CT molecular complexity index is 1690. The molecule has 284 valence electrons. The summed E-state index contributed by atoms with van der Waals surface area (Å²) in [5.41, 5.74) is 15.3. The number of nitrogens with zero attached hydrogens (tertiary/aromatic N) is 2. The molecular weight excluding hydrogens is 684 g/mol. The third-order valence-electron chi connectivity index (χ3n) is 8.46. The summed E-state index contributed by atoms with van der Waals surface area (Å²) in [7, 11) is 2.93. The molecule has 0 fully saturated rings. The second-order valence-corrected chi connectivity index (χ2v) is 12.4. The highest BCUT2D eigenvalue weighted by Gasteiger charge is 2.33. The number of carbonyl (C=O) groups excluding carboxylic acids is 4. The van der Waals surface area contributed by atoms with Crippen LogP contribution in [0.2, 0.25) is 0 Å². The van der Waals surface area contributed by atoms with Crippen LogP contribution in [-0.2, 0) is 19.1 Å². The smallest absolute Gasteiger partial charge is 0.302 e. The number of nitrogen functional groups attached to an aromatic ring is 2. The van der Waals surface area contributed by atoms with Crippen LogP contribution in [0.25, 0.3) is 0 Å². The monoisotopic (exact) mass is 732 g/mol. The molecule has 0 saturated carbocycles. The standard InChI is InChI=1S/C39H48N4O10/c1-7-10-26-14-28(22-52-24(3)44)42(20-26)38(46)30-16-34(48-5)36(18-32(30)40)50-12-9-13-51-37-19-33(41)31(17-35(37)49-6)39(47)43-21-27(11-8-2)15-29(43)23-53-25(4)45/h7-8,10-11,16-21,28-29H,9,12-15,22-23,40-41H2,1-6H3/b10-7+,11-8+/t28-,29-/m0/s1. The Morgan fingerprint density at radius 2 is 1.08 bits per heavy atom. The molecule has 53 heavy (non-hydrogen) atoms. The molecule has 2 aromatic carbocycles. The number of nitrogens with two attached hydrogens (primary N) is 2. The molecule has 0 bridgehead atoms. The van der Waals surface area contributed by atoms with Crippen molar-refractivity contribution in [1.29, 1.82) is 0 Å². The fourth-order valence-electron chi connectivity index (χ4n) is 5.99. The topological polar surface area (TPSA) is 182 Å². The quantitative estimate of drug-likeness (QED) is 0.131. The number of esters is 2. The summed E-state index contributed by atoms with van der Waals surface area (Å²) in [6.45, 7) is 6.93. The fourth-order valence-corrected chi connectivity index (χ4v) is 5.99. The summed E-state index contributed by atoms with van der Waals surface area (Å²) in [6, 6.07) is 5.37. The zero-order valence-corrected chi connectivity index (χ0v) is 31.0. The number of hydrogen-bond donors (Lipinski definition) is 2. The zero-order chi connectivity index (χ0) is 38.7. The summed E-state index contributed by atoms with van der Waals surface area (Å²) < 4.78 is 33.4. The van der Waals surface area contributed by atoms with Crippen molar-refractivity contribution in [3.05, 3.63) is 83.2 Å². The first kappa shape index (κ1) is 39.9. The van der Waals surface area contributed by atoms with Gasteiger partial charge in [-0.3, -0.25) is 19.2 Å². The van der Waals surface area contributed by atoms with Gasteiger partial charge in [-0.25, -0.2) is 0 Å². The molecule has 0 radical (unpaired) electrons. The maximum atomic E-state index is 13.7. The molecule has 2 heterocycles. The van der Waals surface area contributed by atoms with Crippen LogP contribution in [0.5, 0.6) is 23.0 Å². The predicted molar refractivity (Wildman–Crippen MR) is 199 cm³/mol. The first-order chi connectivity index (χ1) is 25.4. The van der Waals surface area contributed by atoms with Gasteiger partial charge in [-0.1, -0.05) is 24.3 Å². The number of methoxy groups -OCH3 is 2. The van der Waals surface area contributed by atoms with Crippen LogP contribution in [0.1, 0.15) is 67.7 Å². The van der Waals surface area contributed by atoms with Crippen molar-refractivity contribution in [2.75, 3.05) is 52.1 Å². The van der Waals surface area contributed by atoms with E-state index in [0.29, 0.717) is 42.3 Å². The molecule has 14 heteroatoms. The fraction of sp³-hybridized carbons (Fsp3) is 0.385. The molecule has 2 aromatic rings. The third kappa shape index (κ3) is 10.1. The van der Waals surface area contributed by atoms with E-state index in [2.05, 4.69) is 0 Å². The van der Waals surface area contributed by atoms with Gasteiger partial charge in [0.15, 0.2) is 23.0 Å². The van der Waals surface area contributed by atoms with Gasteiger partial charge in [0.1, 0.15) is 13.2 Å². The molecule has 2 atom stereocenters. The van der Waals surface area contributed by atoms with Crippen LogP contribution in [0, 0.1) is 0 Å². The highest BCUT2D eigenvalue weighted by atomic mass is 16.5. The lowest BCUT2D eigenvalue weighted by molar-refractivity contribution is -0.143. The Balaban J connectivity index is 1.40. The van der Waals surface area contributed by atoms with Crippen molar-refractivity contribution < 1.29 is 47.6 Å². The van der Waals surface area contributed by atoms with Crippen molar-refractivity contribution in [3.8, 4) is 23.0 Å². The zero-order valence-electron chi connectivity index (χ0n) is 31.0. The lowest BCUT2D eigenvalue weighted by Gasteiger charge is -2.24. The van der Waals surface area contributed by atoms with Gasteiger partial charge in [-0.15, -0.1) is 0 Å². The van der Waals surface area contributed by atoms with Crippen LogP contribution in [0.3, 0.4) is 0 Å². The SMILES string of the molecule is C/C=C/C1=CN(C(=O)c2cc(OC)c(OCCCOc3cc(N)c(C(=O)N4C=C(/C=C/C)C[C@H]4COC(C)=O)cc3OC)cc2N)[C@H](COC(C)=O)C1. The average Bonchev–Trinajstić information content (AvgIpc) is 3.73. The van der Waals surface area contributed by atoms with Gasteiger partial charge >= 0.3 is 11.9 Å². The Morgan fingerprint density at radius 3 is 1.42 bits per heavy atom. The molecule has 4 rings (SSSR count). The lowest BCUT2D eigenvalue weighted by atomic mass is 10.1. The van der Waals surface area contributed by atoms with E-state index in [1.54, 1.807) is 12.4 Å². The van der Waals surface area contributed by atoms with Gasteiger partial charge in [-0.2, -0.15) is 0 Å². The highest BCUT2D eigenvalue weighted by molar-refractivity contribution is 6.02. The number of hydrogen-bond acceptors (Lipinski definition) is 12. The Morgan fingerprint density at radius 1 is 0.679 bits per heavy atom. The minimum absolute atomic E-state index is 0.0488. The number of ether oxygens (including phenoxy) is 6. The van der Waals surface area contributed by atoms with Crippen LogP contribution in [0.15, 0.2) is 72.1 Å². The summed E-state index contributed by atoms with van der Waals surface area (Å²) in [6.07, 6.45) is 12.5. The number of amides is 2. The first-order valence-electron chi connectivity index (χ1n) is 17.2. The van der Waals surface area contributed by atoms with Crippen LogP contribution in [0.4, 0.5) is 11.4 Å². The summed E-state index contributed by atoms with van der Waals surface area (Å²) in [5, 5.41) is 0. The molecule has 4 N–H and O–H groups in total. The van der Waals surface area contributed by atoms with Crippen molar-refractivity contribution >= 4 is 35.1 Å². The minimum atomic E-state index is -0.430. The number of anilines is 2. The Kier molecular flexibility index (Phi) is 13.9. The Labute approximate surface area is 309 Å². The molecule has 2 aliphatic heterocycles. The van der Waals surface area contributed by atoms with E-state index in [1.165, 1.54) is 62.1 Å². The van der Waals surface area contributed by atoms with E-state index in [0.717, 1.165) is 11.1 Å². The maximum Gasteiger partial charge on any atom is 0.302 e. The second-order valence-electron chi connectivity index (χ2n) is 12.4. The molecular formula is C39H48N4O10. The predicted octanol–water partition coefficient (Wildman–Crippen LogP) is 5.19. The summed E-state index contributed by atoms with van der Waals surface area (Å²) >= 11 is 0. The molecule has 2 amide bonds. The largest absolute Gasteiger partial charge is 0.493 e. The number of rotatable bonds is 16. The minimum Gasteiger partial charge on any atom is -0.493 e. The summed E-state index contributed by atoms with van der Waals surface area (Å²) in [5.74, 6) is -0.281.